The quantitative estimate of drug-likeness (QED) is 0.617. The predicted octanol–water partition coefficient (Wildman–Crippen LogP) is 3.56. The number of carbonyl (C=O) groups is 1. The molecule has 0 heterocycles. The summed E-state index contributed by atoms with van der Waals surface area (Å²) in [6.07, 6.45) is 1.52. The number of rotatable bonds is 6. The van der Waals surface area contributed by atoms with Gasteiger partial charge < -0.3 is 10.1 Å². The van der Waals surface area contributed by atoms with E-state index in [-0.39, 0.29) is 12.5 Å². The summed E-state index contributed by atoms with van der Waals surface area (Å²) in [5.41, 5.74) is 3.90. The van der Waals surface area contributed by atoms with Gasteiger partial charge >= 0.3 is 0 Å². The lowest BCUT2D eigenvalue weighted by atomic mass is 10.2. The van der Waals surface area contributed by atoms with Gasteiger partial charge in [0.05, 0.1) is 29.9 Å². The molecule has 2 rings (SSSR count). The summed E-state index contributed by atoms with van der Waals surface area (Å²) in [6, 6.07) is 12.4. The SMILES string of the molecule is COc1ccccc1/C=N/NC(=O)CNc1ccc(Cl)c(Cl)c1. The van der Waals surface area contributed by atoms with Crippen molar-refractivity contribution in [1.29, 1.82) is 0 Å². The van der Waals surface area contributed by atoms with E-state index in [0.717, 1.165) is 5.56 Å². The van der Waals surface area contributed by atoms with E-state index in [2.05, 4.69) is 15.8 Å². The second kappa shape index (κ2) is 8.41. The molecule has 0 aromatic heterocycles. The Bertz CT molecular complexity index is 720. The summed E-state index contributed by atoms with van der Waals surface area (Å²) in [6.45, 7) is 0.0568. The van der Waals surface area contributed by atoms with Crippen LogP contribution in [0.4, 0.5) is 5.69 Å². The van der Waals surface area contributed by atoms with Crippen molar-refractivity contribution >= 4 is 41.0 Å². The number of hydrazone groups is 1. The minimum absolute atomic E-state index is 0.0568. The summed E-state index contributed by atoms with van der Waals surface area (Å²) in [5.74, 6) is 0.390. The maximum atomic E-state index is 11.7. The van der Waals surface area contributed by atoms with E-state index in [1.807, 2.05) is 24.3 Å². The number of nitrogens with one attached hydrogen (secondary N) is 2. The molecule has 0 unspecified atom stereocenters. The smallest absolute Gasteiger partial charge is 0.259 e. The first-order valence-corrected chi connectivity index (χ1v) is 7.49. The van der Waals surface area contributed by atoms with Gasteiger partial charge in [-0.1, -0.05) is 35.3 Å². The maximum absolute atomic E-state index is 11.7. The van der Waals surface area contributed by atoms with Crippen LogP contribution >= 0.6 is 23.2 Å². The van der Waals surface area contributed by atoms with Gasteiger partial charge in [0.15, 0.2) is 0 Å². The number of ether oxygens (including phenoxy) is 1. The summed E-state index contributed by atoms with van der Waals surface area (Å²) < 4.78 is 5.19. The number of amides is 1. The van der Waals surface area contributed by atoms with Crippen molar-refractivity contribution < 1.29 is 9.53 Å². The third-order valence-corrected chi connectivity index (χ3v) is 3.64. The van der Waals surface area contributed by atoms with Crippen LogP contribution in [0.3, 0.4) is 0 Å². The molecule has 0 fully saturated rings. The molecule has 0 aliphatic heterocycles. The Labute approximate surface area is 144 Å². The average Bonchev–Trinajstić information content (AvgIpc) is 2.56. The molecule has 0 spiro atoms. The topological polar surface area (TPSA) is 62.7 Å². The van der Waals surface area contributed by atoms with Crippen LogP contribution in [0, 0.1) is 0 Å². The van der Waals surface area contributed by atoms with Crippen molar-refractivity contribution in [2.24, 2.45) is 5.10 Å². The molecule has 0 aliphatic carbocycles. The Morgan fingerprint density at radius 3 is 2.74 bits per heavy atom. The minimum Gasteiger partial charge on any atom is -0.496 e. The Morgan fingerprint density at radius 1 is 1.22 bits per heavy atom. The second-order valence-corrected chi connectivity index (χ2v) is 5.33. The first-order valence-electron chi connectivity index (χ1n) is 6.74. The van der Waals surface area contributed by atoms with Gasteiger partial charge in [-0.3, -0.25) is 4.79 Å². The van der Waals surface area contributed by atoms with Crippen molar-refractivity contribution in [2.75, 3.05) is 19.0 Å². The molecule has 7 heteroatoms. The van der Waals surface area contributed by atoms with Crippen molar-refractivity contribution in [1.82, 2.24) is 5.43 Å². The lowest BCUT2D eigenvalue weighted by Gasteiger charge is -2.06. The van der Waals surface area contributed by atoms with Crippen molar-refractivity contribution in [2.45, 2.75) is 0 Å². The molecule has 0 atom stereocenters. The first-order chi connectivity index (χ1) is 11.1. The highest BCUT2D eigenvalue weighted by Crippen LogP contribution is 2.24. The van der Waals surface area contributed by atoms with Crippen LogP contribution in [0.15, 0.2) is 47.6 Å². The van der Waals surface area contributed by atoms with E-state index in [1.165, 1.54) is 6.21 Å². The van der Waals surface area contributed by atoms with Gasteiger partial charge in [0, 0.05) is 11.3 Å². The van der Waals surface area contributed by atoms with Crippen LogP contribution in [-0.4, -0.2) is 25.8 Å². The highest BCUT2D eigenvalue weighted by Gasteiger charge is 2.03. The fraction of sp³-hybridized carbons (Fsp3) is 0.125. The number of hydrogen-bond acceptors (Lipinski definition) is 4. The molecule has 0 saturated carbocycles. The fourth-order valence-electron chi connectivity index (χ4n) is 1.77. The van der Waals surface area contributed by atoms with Crippen LogP contribution in [0.25, 0.3) is 0 Å². The standard InChI is InChI=1S/C16H15Cl2N3O2/c1-23-15-5-3-2-4-11(15)9-20-21-16(22)10-19-12-6-7-13(17)14(18)8-12/h2-9,19H,10H2,1H3,(H,21,22)/b20-9+. The largest absolute Gasteiger partial charge is 0.496 e. The lowest BCUT2D eigenvalue weighted by Crippen LogP contribution is -2.25. The second-order valence-electron chi connectivity index (χ2n) is 4.52. The van der Waals surface area contributed by atoms with Gasteiger partial charge in [0.2, 0.25) is 0 Å². The zero-order valence-corrected chi connectivity index (χ0v) is 13.9. The zero-order chi connectivity index (χ0) is 16.7. The molecular formula is C16H15Cl2N3O2. The number of nitrogens with zero attached hydrogens (tertiary/aromatic N) is 1. The summed E-state index contributed by atoms with van der Waals surface area (Å²) >= 11 is 11.7. The Morgan fingerprint density at radius 2 is 2.00 bits per heavy atom. The van der Waals surface area contributed by atoms with Crippen LogP contribution < -0.4 is 15.5 Å². The Kier molecular flexibility index (Phi) is 6.26. The van der Waals surface area contributed by atoms with E-state index in [0.29, 0.717) is 21.5 Å². The highest BCUT2D eigenvalue weighted by atomic mass is 35.5. The number of benzene rings is 2. The van der Waals surface area contributed by atoms with E-state index < -0.39 is 0 Å². The number of anilines is 1. The molecule has 120 valence electrons. The third kappa shape index (κ3) is 5.16. The number of hydrogen-bond donors (Lipinski definition) is 2. The Balaban J connectivity index is 1.85. The van der Waals surface area contributed by atoms with Crippen LogP contribution in [0.5, 0.6) is 5.75 Å². The van der Waals surface area contributed by atoms with Crippen LogP contribution in [0.2, 0.25) is 10.0 Å². The summed E-state index contributed by atoms with van der Waals surface area (Å²) in [4.78, 5) is 11.7. The molecule has 5 nitrogen and oxygen atoms in total. The molecule has 0 radical (unpaired) electrons. The van der Waals surface area contributed by atoms with Crippen LogP contribution in [-0.2, 0) is 4.79 Å². The molecule has 0 bridgehead atoms. The molecule has 23 heavy (non-hydrogen) atoms. The molecular weight excluding hydrogens is 337 g/mol. The average molecular weight is 352 g/mol. The molecule has 0 aliphatic rings. The van der Waals surface area contributed by atoms with E-state index in [1.54, 1.807) is 25.3 Å². The highest BCUT2D eigenvalue weighted by molar-refractivity contribution is 6.42. The first kappa shape index (κ1) is 17.1. The lowest BCUT2D eigenvalue weighted by molar-refractivity contribution is -0.119. The third-order valence-electron chi connectivity index (χ3n) is 2.90. The van der Waals surface area contributed by atoms with E-state index in [4.69, 9.17) is 27.9 Å². The molecule has 1 amide bonds. The number of carbonyl (C=O) groups excluding carboxylic acids is 1. The van der Waals surface area contributed by atoms with E-state index >= 15 is 0 Å². The van der Waals surface area contributed by atoms with Gasteiger partial charge in [0.1, 0.15) is 5.75 Å². The monoisotopic (exact) mass is 351 g/mol. The number of halogens is 2. The van der Waals surface area contributed by atoms with Crippen LogP contribution in [0.1, 0.15) is 5.56 Å². The van der Waals surface area contributed by atoms with Crippen molar-refractivity contribution in [3.63, 3.8) is 0 Å². The molecule has 0 saturated heterocycles. The summed E-state index contributed by atoms with van der Waals surface area (Å²) in [5, 5.41) is 7.72. The van der Waals surface area contributed by atoms with Crippen molar-refractivity contribution in [3.05, 3.63) is 58.1 Å². The van der Waals surface area contributed by atoms with Gasteiger partial charge in [-0.05, 0) is 30.3 Å². The molecule has 2 aromatic rings. The Hall–Kier alpha value is -2.24. The predicted molar refractivity (Wildman–Crippen MR) is 93.7 cm³/mol. The van der Waals surface area contributed by atoms with E-state index in [9.17, 15) is 4.79 Å². The van der Waals surface area contributed by atoms with Crippen molar-refractivity contribution in [3.8, 4) is 5.75 Å². The number of methoxy groups -OCH3 is 1. The minimum atomic E-state index is -0.290. The zero-order valence-electron chi connectivity index (χ0n) is 12.3. The normalized spacial score (nSPS) is 10.6. The van der Waals surface area contributed by atoms with Gasteiger partial charge in [-0.15, -0.1) is 0 Å². The van der Waals surface area contributed by atoms with Gasteiger partial charge in [-0.25, -0.2) is 5.43 Å². The fourth-order valence-corrected chi connectivity index (χ4v) is 2.07. The molecule has 2 N–H and O–H groups in total. The number of para-hydroxylation sites is 1. The summed E-state index contributed by atoms with van der Waals surface area (Å²) in [7, 11) is 1.58. The maximum Gasteiger partial charge on any atom is 0.259 e. The van der Waals surface area contributed by atoms with Gasteiger partial charge in [-0.2, -0.15) is 5.10 Å². The van der Waals surface area contributed by atoms with Gasteiger partial charge in [0.25, 0.3) is 5.91 Å². The molecule has 2 aromatic carbocycles.